The molecule has 1 aromatic carbocycles. The zero-order valence-electron chi connectivity index (χ0n) is 12.6. The number of hydrogen-bond acceptors (Lipinski definition) is 3. The Bertz CT molecular complexity index is 550. The summed E-state index contributed by atoms with van der Waals surface area (Å²) in [4.78, 5) is 11.9. The van der Waals surface area contributed by atoms with Crippen molar-refractivity contribution in [2.75, 3.05) is 13.1 Å². The minimum atomic E-state index is -4.59. The summed E-state index contributed by atoms with van der Waals surface area (Å²) >= 11 is 0. The number of piperidine rings is 1. The third-order valence-electron chi connectivity index (χ3n) is 3.95. The highest BCUT2D eigenvalue weighted by Crippen LogP contribution is 2.35. The Balaban J connectivity index is 2.28. The second-order valence-electron chi connectivity index (χ2n) is 6.24. The fourth-order valence-corrected chi connectivity index (χ4v) is 3.24. The summed E-state index contributed by atoms with van der Waals surface area (Å²) in [5.74, 6) is 0.882. The average molecular weight is 316 g/mol. The smallest absolute Gasteiger partial charge is 0.299 e. The number of alkyl halides is 3. The van der Waals surface area contributed by atoms with E-state index in [0.717, 1.165) is 25.6 Å². The molecule has 2 atom stereocenters. The Labute approximate surface area is 127 Å². The number of rotatable bonds is 3. The summed E-state index contributed by atoms with van der Waals surface area (Å²) in [6.45, 7) is 5.84. The lowest BCUT2D eigenvalue weighted by atomic mass is 9.91. The summed E-state index contributed by atoms with van der Waals surface area (Å²) in [5, 5.41) is 10.7. The molecule has 0 aliphatic carbocycles. The molecule has 2 rings (SSSR count). The maximum Gasteiger partial charge on any atom is 0.416 e. The van der Waals surface area contributed by atoms with Crippen molar-refractivity contribution >= 4 is 5.69 Å². The Morgan fingerprint density at radius 2 is 1.86 bits per heavy atom. The Hall–Kier alpha value is -1.63. The lowest BCUT2D eigenvalue weighted by Crippen LogP contribution is -2.38. The van der Waals surface area contributed by atoms with Crippen molar-refractivity contribution in [2.24, 2.45) is 11.8 Å². The van der Waals surface area contributed by atoms with Gasteiger partial charge in [0.15, 0.2) is 0 Å². The zero-order chi connectivity index (χ0) is 16.5. The molecule has 1 aromatic rings. The number of benzene rings is 1. The summed E-state index contributed by atoms with van der Waals surface area (Å²) < 4.78 is 39.5. The van der Waals surface area contributed by atoms with Crippen molar-refractivity contribution in [3.8, 4) is 0 Å². The lowest BCUT2D eigenvalue weighted by Gasteiger charge is -2.35. The number of nitrogens with zero attached hydrogens (tertiary/aromatic N) is 2. The van der Waals surface area contributed by atoms with Gasteiger partial charge < -0.3 is 0 Å². The van der Waals surface area contributed by atoms with Gasteiger partial charge in [-0.2, -0.15) is 13.2 Å². The molecule has 1 saturated heterocycles. The molecule has 0 spiro atoms. The number of likely N-dealkylation sites (tertiary alicyclic amines) is 1. The van der Waals surface area contributed by atoms with Crippen LogP contribution in [0.15, 0.2) is 18.2 Å². The van der Waals surface area contributed by atoms with Crippen LogP contribution >= 0.6 is 0 Å². The Morgan fingerprint density at radius 1 is 1.27 bits per heavy atom. The Morgan fingerprint density at radius 3 is 2.36 bits per heavy atom. The molecular formula is C15H19F3N2O2. The van der Waals surface area contributed by atoms with Crippen molar-refractivity contribution in [1.82, 2.24) is 4.90 Å². The number of nitro benzene ring substituents is 1. The van der Waals surface area contributed by atoms with Crippen LogP contribution in [0.1, 0.15) is 31.4 Å². The van der Waals surface area contributed by atoms with Crippen molar-refractivity contribution in [3.05, 3.63) is 39.4 Å². The molecule has 0 amide bonds. The van der Waals surface area contributed by atoms with Crippen molar-refractivity contribution in [1.29, 1.82) is 0 Å². The van der Waals surface area contributed by atoms with E-state index in [2.05, 4.69) is 13.8 Å². The standard InChI is InChI=1S/C15H19F3N2O2/c1-10-5-11(2)8-19(7-10)9-12-3-4-13(20(21)22)6-14(12)15(16,17)18/h3-4,6,10-11H,5,7-9H2,1-2H3. The predicted molar refractivity (Wildman–Crippen MR) is 76.3 cm³/mol. The van der Waals surface area contributed by atoms with Gasteiger partial charge in [-0.1, -0.05) is 19.9 Å². The first-order valence-corrected chi connectivity index (χ1v) is 7.23. The van der Waals surface area contributed by atoms with Crippen LogP contribution in [0, 0.1) is 22.0 Å². The second-order valence-corrected chi connectivity index (χ2v) is 6.24. The van der Waals surface area contributed by atoms with Crippen LogP contribution < -0.4 is 0 Å². The molecule has 0 N–H and O–H groups in total. The van der Waals surface area contributed by atoms with Crippen LogP contribution in [0.4, 0.5) is 18.9 Å². The zero-order valence-corrected chi connectivity index (χ0v) is 12.6. The summed E-state index contributed by atoms with van der Waals surface area (Å²) in [6, 6.07) is 3.00. The molecule has 4 nitrogen and oxygen atoms in total. The lowest BCUT2D eigenvalue weighted by molar-refractivity contribution is -0.385. The van der Waals surface area contributed by atoms with Gasteiger partial charge in [0, 0.05) is 31.8 Å². The SMILES string of the molecule is CC1CC(C)CN(Cc2ccc([N+](=O)[O-])cc2C(F)(F)F)C1. The minimum Gasteiger partial charge on any atom is -0.299 e. The molecule has 1 aliphatic heterocycles. The molecule has 7 heteroatoms. The van der Waals surface area contributed by atoms with Gasteiger partial charge in [-0.05, 0) is 23.8 Å². The number of nitro groups is 1. The number of hydrogen-bond donors (Lipinski definition) is 0. The highest BCUT2D eigenvalue weighted by molar-refractivity contribution is 5.41. The highest BCUT2D eigenvalue weighted by atomic mass is 19.4. The molecule has 2 unspecified atom stereocenters. The molecule has 1 heterocycles. The van der Waals surface area contributed by atoms with Gasteiger partial charge in [0.2, 0.25) is 0 Å². The average Bonchev–Trinajstić information content (AvgIpc) is 2.36. The minimum absolute atomic E-state index is 0.0967. The van der Waals surface area contributed by atoms with Gasteiger partial charge >= 0.3 is 6.18 Å². The molecule has 0 radical (unpaired) electrons. The van der Waals surface area contributed by atoms with E-state index in [1.54, 1.807) is 0 Å². The molecule has 122 valence electrons. The number of non-ortho nitro benzene ring substituents is 1. The van der Waals surface area contributed by atoms with Gasteiger partial charge in [-0.3, -0.25) is 15.0 Å². The first-order chi connectivity index (χ1) is 10.2. The molecule has 22 heavy (non-hydrogen) atoms. The van der Waals surface area contributed by atoms with Crippen LogP contribution in [0.2, 0.25) is 0 Å². The summed E-state index contributed by atoms with van der Waals surface area (Å²) in [7, 11) is 0. The van der Waals surface area contributed by atoms with Crippen molar-refractivity contribution < 1.29 is 18.1 Å². The second kappa shape index (κ2) is 6.24. The normalized spacial score (nSPS) is 23.5. The Kier molecular flexibility index (Phi) is 4.75. The maximum absolute atomic E-state index is 13.2. The fraction of sp³-hybridized carbons (Fsp3) is 0.600. The van der Waals surface area contributed by atoms with Gasteiger partial charge in [-0.25, -0.2) is 0 Å². The van der Waals surface area contributed by atoms with E-state index in [4.69, 9.17) is 0 Å². The van der Waals surface area contributed by atoms with Crippen LogP contribution in [0.25, 0.3) is 0 Å². The van der Waals surface area contributed by atoms with E-state index < -0.39 is 22.4 Å². The first-order valence-electron chi connectivity index (χ1n) is 7.23. The molecular weight excluding hydrogens is 297 g/mol. The monoisotopic (exact) mass is 316 g/mol. The third-order valence-corrected chi connectivity index (χ3v) is 3.95. The van der Waals surface area contributed by atoms with E-state index in [1.165, 1.54) is 6.07 Å². The van der Waals surface area contributed by atoms with E-state index in [9.17, 15) is 23.3 Å². The molecule has 1 fully saturated rings. The van der Waals surface area contributed by atoms with E-state index in [1.807, 2.05) is 4.90 Å². The van der Waals surface area contributed by atoms with Crippen LogP contribution in [0.3, 0.4) is 0 Å². The van der Waals surface area contributed by atoms with Gasteiger partial charge in [0.25, 0.3) is 5.69 Å². The van der Waals surface area contributed by atoms with Gasteiger partial charge in [0.1, 0.15) is 0 Å². The molecule has 1 aliphatic rings. The summed E-state index contributed by atoms with van der Waals surface area (Å²) in [5.41, 5.74) is -1.34. The van der Waals surface area contributed by atoms with Gasteiger partial charge in [-0.15, -0.1) is 0 Å². The van der Waals surface area contributed by atoms with E-state index >= 15 is 0 Å². The van der Waals surface area contributed by atoms with Crippen molar-refractivity contribution in [2.45, 2.75) is 33.0 Å². The predicted octanol–water partition coefficient (Wildman–Crippen LogP) is 4.09. The van der Waals surface area contributed by atoms with E-state index in [0.29, 0.717) is 17.9 Å². The maximum atomic E-state index is 13.2. The van der Waals surface area contributed by atoms with Crippen molar-refractivity contribution in [3.63, 3.8) is 0 Å². The number of halogens is 3. The fourth-order valence-electron chi connectivity index (χ4n) is 3.24. The first kappa shape index (κ1) is 16.7. The largest absolute Gasteiger partial charge is 0.416 e. The topological polar surface area (TPSA) is 46.4 Å². The highest BCUT2D eigenvalue weighted by Gasteiger charge is 2.35. The van der Waals surface area contributed by atoms with Crippen LogP contribution in [-0.2, 0) is 12.7 Å². The molecule has 0 aromatic heterocycles. The van der Waals surface area contributed by atoms with Crippen LogP contribution in [-0.4, -0.2) is 22.9 Å². The molecule has 0 saturated carbocycles. The van der Waals surface area contributed by atoms with E-state index in [-0.39, 0.29) is 12.1 Å². The molecule has 0 bridgehead atoms. The third kappa shape index (κ3) is 3.97. The quantitative estimate of drug-likeness (QED) is 0.623. The van der Waals surface area contributed by atoms with Crippen LogP contribution in [0.5, 0.6) is 0 Å². The van der Waals surface area contributed by atoms with Gasteiger partial charge in [0.05, 0.1) is 10.5 Å². The summed E-state index contributed by atoms with van der Waals surface area (Å²) in [6.07, 6.45) is -3.52.